The number of nitrogens with one attached hydrogen (secondary N) is 1. The fourth-order valence-electron chi connectivity index (χ4n) is 2.89. The molecule has 1 aliphatic rings. The molecule has 1 N–H and O–H groups in total. The molecule has 0 bridgehead atoms. The minimum atomic E-state index is -4.68. The van der Waals surface area contributed by atoms with Crippen molar-refractivity contribution in [2.75, 3.05) is 6.61 Å². The van der Waals surface area contributed by atoms with E-state index >= 15 is 0 Å². The van der Waals surface area contributed by atoms with Crippen LogP contribution in [0.1, 0.15) is 59.8 Å². The van der Waals surface area contributed by atoms with Crippen molar-refractivity contribution in [1.82, 2.24) is 4.72 Å². The second-order valence-electron chi connectivity index (χ2n) is 7.26. The van der Waals surface area contributed by atoms with Gasteiger partial charge in [-0.15, -0.1) is 0 Å². The van der Waals surface area contributed by atoms with Crippen LogP contribution in [0.15, 0.2) is 0 Å². The van der Waals surface area contributed by atoms with Gasteiger partial charge < -0.3 is 4.74 Å². The van der Waals surface area contributed by atoms with Crippen LogP contribution in [-0.2, 0) is 20.5 Å². The Hall–Kier alpha value is -0.630. The van der Waals surface area contributed by atoms with Crippen molar-refractivity contribution >= 4 is 17.0 Å². The molecule has 3 atom stereocenters. The van der Waals surface area contributed by atoms with Gasteiger partial charge in [-0.05, 0) is 40.0 Å². The Bertz CT molecular complexity index is 443. The first-order valence-electron chi connectivity index (χ1n) is 8.38. The summed E-state index contributed by atoms with van der Waals surface area (Å²) in [6, 6.07) is -2.17. The smallest absolute Gasteiger partial charge is 0.405 e. The van der Waals surface area contributed by atoms with Crippen molar-refractivity contribution in [1.29, 1.82) is 0 Å². The highest BCUT2D eigenvalue weighted by atomic mass is 32.2. The Morgan fingerprint density at radius 1 is 1.25 bits per heavy atom. The first-order chi connectivity index (χ1) is 11.0. The molecule has 1 fully saturated rings. The number of rotatable bonds is 7. The van der Waals surface area contributed by atoms with Gasteiger partial charge in [0.2, 0.25) is 0 Å². The van der Waals surface area contributed by atoms with E-state index in [0.717, 1.165) is 25.7 Å². The van der Waals surface area contributed by atoms with E-state index in [1.54, 1.807) is 27.7 Å². The highest BCUT2D eigenvalue weighted by Gasteiger charge is 2.50. The van der Waals surface area contributed by atoms with Gasteiger partial charge in [-0.2, -0.15) is 13.2 Å². The molecule has 0 aliphatic heterocycles. The lowest BCUT2D eigenvalue weighted by atomic mass is 9.88. The Labute approximate surface area is 144 Å². The molecule has 1 saturated carbocycles. The van der Waals surface area contributed by atoms with Crippen LogP contribution in [-0.4, -0.2) is 33.8 Å². The predicted octanol–water partition coefficient (Wildman–Crippen LogP) is 3.73. The molecule has 0 spiro atoms. The van der Waals surface area contributed by atoms with Crippen LogP contribution in [0.25, 0.3) is 0 Å². The second kappa shape index (κ2) is 8.65. The van der Waals surface area contributed by atoms with E-state index in [-0.39, 0.29) is 18.9 Å². The zero-order chi connectivity index (χ0) is 18.5. The van der Waals surface area contributed by atoms with Crippen LogP contribution in [0, 0.1) is 11.8 Å². The fraction of sp³-hybridized carbons (Fsp3) is 0.938. The summed E-state index contributed by atoms with van der Waals surface area (Å²) >= 11 is 0. The number of halogens is 3. The molecule has 0 heterocycles. The lowest BCUT2D eigenvalue weighted by molar-refractivity contribution is -0.180. The molecule has 0 aromatic carbocycles. The van der Waals surface area contributed by atoms with E-state index in [4.69, 9.17) is 4.74 Å². The molecule has 8 heteroatoms. The minimum Gasteiger partial charge on any atom is -0.466 e. The van der Waals surface area contributed by atoms with E-state index in [1.165, 1.54) is 0 Å². The summed E-state index contributed by atoms with van der Waals surface area (Å²) in [6.45, 7) is 6.33. The van der Waals surface area contributed by atoms with Crippen LogP contribution >= 0.6 is 0 Å². The molecule has 0 unspecified atom stereocenters. The zero-order valence-electron chi connectivity index (χ0n) is 14.7. The topological polar surface area (TPSA) is 55.4 Å². The number of esters is 1. The van der Waals surface area contributed by atoms with Crippen molar-refractivity contribution in [3.63, 3.8) is 0 Å². The van der Waals surface area contributed by atoms with Gasteiger partial charge in [0.25, 0.3) is 0 Å². The predicted molar refractivity (Wildman–Crippen MR) is 87.6 cm³/mol. The first-order valence-corrected chi connectivity index (χ1v) is 9.53. The van der Waals surface area contributed by atoms with Gasteiger partial charge in [0.05, 0.1) is 28.3 Å². The highest BCUT2D eigenvalue weighted by molar-refractivity contribution is 7.84. The average molecular weight is 371 g/mol. The van der Waals surface area contributed by atoms with E-state index in [0.29, 0.717) is 0 Å². The van der Waals surface area contributed by atoms with Gasteiger partial charge in [-0.1, -0.05) is 25.7 Å². The molecule has 0 saturated heterocycles. The largest absolute Gasteiger partial charge is 0.466 e. The Kier molecular flexibility index (Phi) is 7.72. The Morgan fingerprint density at radius 2 is 1.79 bits per heavy atom. The normalized spacial score (nSPS) is 20.6. The van der Waals surface area contributed by atoms with E-state index in [1.807, 2.05) is 0 Å². The molecule has 24 heavy (non-hydrogen) atoms. The van der Waals surface area contributed by atoms with Gasteiger partial charge in [-0.3, -0.25) is 4.79 Å². The highest BCUT2D eigenvalue weighted by Crippen LogP contribution is 2.36. The Morgan fingerprint density at radius 3 is 2.21 bits per heavy atom. The third kappa shape index (κ3) is 6.35. The van der Waals surface area contributed by atoms with Crippen molar-refractivity contribution < 1.29 is 26.9 Å². The van der Waals surface area contributed by atoms with E-state index in [9.17, 15) is 22.2 Å². The van der Waals surface area contributed by atoms with Crippen LogP contribution in [0.3, 0.4) is 0 Å². The van der Waals surface area contributed by atoms with Gasteiger partial charge in [-0.25, -0.2) is 8.93 Å². The SMILES string of the molecule is CCOC(=O)[C@H](CC1CCCC1)[C@@H](N[S@](=O)C(C)(C)C)C(F)(F)F. The van der Waals surface area contributed by atoms with Crippen LogP contribution in [0.2, 0.25) is 0 Å². The molecule has 1 aliphatic carbocycles. The number of alkyl halides is 3. The number of carbonyl (C=O) groups excluding carboxylic acids is 1. The minimum absolute atomic E-state index is 0.0208. The molecule has 0 aromatic heterocycles. The van der Waals surface area contributed by atoms with Crippen LogP contribution < -0.4 is 4.72 Å². The summed E-state index contributed by atoms with van der Waals surface area (Å²) in [5.74, 6) is -2.17. The third-order valence-corrected chi connectivity index (χ3v) is 5.78. The molecule has 4 nitrogen and oxygen atoms in total. The van der Waals surface area contributed by atoms with Gasteiger partial charge in [0.15, 0.2) is 0 Å². The van der Waals surface area contributed by atoms with Crippen molar-refractivity contribution in [2.24, 2.45) is 11.8 Å². The summed E-state index contributed by atoms with van der Waals surface area (Å²) in [6.07, 6.45) is -0.990. The maximum atomic E-state index is 13.6. The summed E-state index contributed by atoms with van der Waals surface area (Å²) in [5.41, 5.74) is 0. The maximum Gasteiger partial charge on any atom is 0.405 e. The second-order valence-corrected chi connectivity index (χ2v) is 9.26. The van der Waals surface area contributed by atoms with Crippen LogP contribution in [0.5, 0.6) is 0 Å². The summed E-state index contributed by atoms with van der Waals surface area (Å²) in [4.78, 5) is 12.2. The van der Waals surface area contributed by atoms with Gasteiger partial charge in [0, 0.05) is 0 Å². The number of ether oxygens (including phenoxy) is 1. The monoisotopic (exact) mass is 371 g/mol. The quantitative estimate of drug-likeness (QED) is 0.694. The standard InChI is InChI=1S/C16H28F3NO3S/c1-5-23-14(21)12(10-11-8-6-7-9-11)13(16(17,18)19)20-24(22)15(2,3)4/h11-13,20H,5-10H2,1-4H3/t12-,13-,24-/m1/s1. The maximum absolute atomic E-state index is 13.6. The van der Waals surface area contributed by atoms with E-state index in [2.05, 4.69) is 4.72 Å². The zero-order valence-corrected chi connectivity index (χ0v) is 15.6. The van der Waals surface area contributed by atoms with Gasteiger partial charge >= 0.3 is 12.1 Å². The third-order valence-electron chi connectivity index (χ3n) is 4.20. The molecule has 0 amide bonds. The summed E-state index contributed by atoms with van der Waals surface area (Å²) in [7, 11) is -1.94. The molecule has 0 aromatic rings. The number of carbonyl (C=O) groups is 1. The molecule has 1 rings (SSSR count). The van der Waals surface area contributed by atoms with Crippen molar-refractivity contribution in [3.05, 3.63) is 0 Å². The van der Waals surface area contributed by atoms with E-state index < -0.39 is 39.8 Å². The average Bonchev–Trinajstić information content (AvgIpc) is 2.93. The van der Waals surface area contributed by atoms with Crippen molar-refractivity contribution in [2.45, 2.75) is 76.8 Å². The number of hydrogen-bond donors (Lipinski definition) is 1. The summed E-state index contributed by atoms with van der Waals surface area (Å²) in [5, 5.41) is 0. The van der Waals surface area contributed by atoms with Gasteiger partial charge in [0.1, 0.15) is 6.04 Å². The lowest BCUT2D eigenvalue weighted by Crippen LogP contribution is -2.54. The molecule has 0 radical (unpaired) electrons. The molecular formula is C16H28F3NO3S. The van der Waals surface area contributed by atoms with Crippen LogP contribution in [0.4, 0.5) is 13.2 Å². The fourth-order valence-corrected chi connectivity index (χ4v) is 3.77. The number of hydrogen-bond acceptors (Lipinski definition) is 3. The summed E-state index contributed by atoms with van der Waals surface area (Å²) < 4.78 is 59.1. The Balaban J connectivity index is 3.04. The molecular weight excluding hydrogens is 343 g/mol. The van der Waals surface area contributed by atoms with Crippen molar-refractivity contribution in [3.8, 4) is 0 Å². The first kappa shape index (κ1) is 21.4. The lowest BCUT2D eigenvalue weighted by Gasteiger charge is -2.31. The molecule has 142 valence electrons.